The van der Waals surface area contributed by atoms with Crippen molar-refractivity contribution >= 4 is 46.7 Å². The first kappa shape index (κ1) is 18.2. The van der Waals surface area contributed by atoms with E-state index in [0.29, 0.717) is 11.3 Å². The third-order valence-electron chi connectivity index (χ3n) is 4.04. The number of rotatable bonds is 4. The highest BCUT2D eigenvalue weighted by Crippen LogP contribution is 2.30. The van der Waals surface area contributed by atoms with Crippen LogP contribution in [0.15, 0.2) is 42.7 Å². The fourth-order valence-corrected chi connectivity index (χ4v) is 2.98. The molecule has 0 bridgehead atoms. The number of hydrogen-bond acceptors (Lipinski definition) is 4. The van der Waals surface area contributed by atoms with Crippen molar-refractivity contribution in [2.75, 3.05) is 11.9 Å². The molecule has 3 rings (SSSR count). The molecule has 0 spiro atoms. The van der Waals surface area contributed by atoms with Gasteiger partial charge in [-0.3, -0.25) is 19.5 Å². The first-order chi connectivity index (χ1) is 12.3. The fraction of sp³-hybridized carbons (Fsp3) is 0.176. The Morgan fingerprint density at radius 2 is 2.04 bits per heavy atom. The van der Waals surface area contributed by atoms with Crippen molar-refractivity contribution in [3.05, 3.63) is 58.3 Å². The Balaban J connectivity index is 1.76. The number of carbonyl (C=O) groups excluding carboxylic acids is 3. The van der Waals surface area contributed by atoms with Crippen LogP contribution in [0.2, 0.25) is 10.0 Å². The van der Waals surface area contributed by atoms with Gasteiger partial charge in [-0.2, -0.15) is 0 Å². The van der Waals surface area contributed by atoms with Crippen LogP contribution < -0.4 is 10.6 Å². The lowest BCUT2D eigenvalue weighted by Crippen LogP contribution is -2.42. The molecule has 1 aromatic heterocycles. The summed E-state index contributed by atoms with van der Waals surface area (Å²) in [5.74, 6) is -1.11. The van der Waals surface area contributed by atoms with Crippen LogP contribution in [-0.2, 0) is 15.1 Å². The standard InChI is InChI=1S/C17H14Cl2N4O3/c1-17(10-4-3-7-20-8-10)15(25)23(16(26)22-17)9-13(24)21-12-6-2-5-11(18)14(12)19/h2-8H,9H2,1H3,(H,21,24)(H,22,26)/t17-/m1/s1. The number of aromatic nitrogens is 1. The summed E-state index contributed by atoms with van der Waals surface area (Å²) >= 11 is 11.9. The maximum Gasteiger partial charge on any atom is 0.325 e. The van der Waals surface area contributed by atoms with Crippen LogP contribution in [0.25, 0.3) is 0 Å². The minimum Gasteiger partial charge on any atom is -0.323 e. The molecule has 1 atom stereocenters. The molecule has 0 aliphatic carbocycles. The molecule has 4 amide bonds. The Labute approximate surface area is 159 Å². The molecule has 1 aromatic carbocycles. The van der Waals surface area contributed by atoms with E-state index in [-0.39, 0.29) is 10.0 Å². The predicted molar refractivity (Wildman–Crippen MR) is 96.9 cm³/mol. The summed E-state index contributed by atoms with van der Waals surface area (Å²) < 4.78 is 0. The van der Waals surface area contributed by atoms with Crippen molar-refractivity contribution in [1.82, 2.24) is 15.2 Å². The molecule has 2 aromatic rings. The summed E-state index contributed by atoms with van der Waals surface area (Å²) in [6, 6.07) is 7.45. The van der Waals surface area contributed by atoms with Gasteiger partial charge in [-0.05, 0) is 25.1 Å². The Kier molecular flexibility index (Phi) is 4.84. The van der Waals surface area contributed by atoms with E-state index in [4.69, 9.17) is 23.2 Å². The van der Waals surface area contributed by atoms with Gasteiger partial charge in [-0.1, -0.05) is 35.3 Å². The van der Waals surface area contributed by atoms with E-state index in [1.54, 1.807) is 43.5 Å². The zero-order chi connectivity index (χ0) is 18.9. The molecular formula is C17H14Cl2N4O3. The molecule has 0 saturated carbocycles. The van der Waals surface area contributed by atoms with E-state index in [1.807, 2.05) is 0 Å². The van der Waals surface area contributed by atoms with E-state index >= 15 is 0 Å². The van der Waals surface area contributed by atoms with Gasteiger partial charge in [0.15, 0.2) is 0 Å². The van der Waals surface area contributed by atoms with E-state index in [1.165, 1.54) is 6.20 Å². The minimum absolute atomic E-state index is 0.180. The average molecular weight is 393 g/mol. The molecule has 1 fully saturated rings. The van der Waals surface area contributed by atoms with Gasteiger partial charge in [-0.15, -0.1) is 0 Å². The fourth-order valence-electron chi connectivity index (χ4n) is 2.63. The van der Waals surface area contributed by atoms with Crippen molar-refractivity contribution in [2.45, 2.75) is 12.5 Å². The summed E-state index contributed by atoms with van der Waals surface area (Å²) in [6.45, 7) is 1.11. The van der Waals surface area contributed by atoms with Crippen LogP contribution in [0.1, 0.15) is 12.5 Å². The first-order valence-electron chi connectivity index (χ1n) is 7.61. The van der Waals surface area contributed by atoms with Gasteiger partial charge in [0.05, 0.1) is 15.7 Å². The lowest BCUT2D eigenvalue weighted by Gasteiger charge is -2.21. The molecule has 2 N–H and O–H groups in total. The van der Waals surface area contributed by atoms with Crippen molar-refractivity contribution in [3.8, 4) is 0 Å². The number of nitrogens with one attached hydrogen (secondary N) is 2. The Hall–Kier alpha value is -2.64. The molecule has 26 heavy (non-hydrogen) atoms. The molecule has 0 unspecified atom stereocenters. The maximum atomic E-state index is 12.7. The van der Waals surface area contributed by atoms with Crippen molar-refractivity contribution in [2.24, 2.45) is 0 Å². The number of halogens is 2. The summed E-state index contributed by atoms with van der Waals surface area (Å²) in [4.78, 5) is 42.0. The molecule has 1 aliphatic heterocycles. The van der Waals surface area contributed by atoms with E-state index < -0.39 is 29.9 Å². The highest BCUT2D eigenvalue weighted by Gasteiger charge is 2.49. The van der Waals surface area contributed by atoms with Crippen molar-refractivity contribution in [3.63, 3.8) is 0 Å². The number of nitrogens with zero attached hydrogens (tertiary/aromatic N) is 2. The van der Waals surface area contributed by atoms with Crippen LogP contribution in [0, 0.1) is 0 Å². The quantitative estimate of drug-likeness (QED) is 0.782. The zero-order valence-electron chi connectivity index (χ0n) is 13.6. The minimum atomic E-state index is -1.28. The molecule has 134 valence electrons. The number of pyridine rings is 1. The van der Waals surface area contributed by atoms with Gasteiger partial charge in [0.1, 0.15) is 12.1 Å². The Morgan fingerprint density at radius 1 is 1.27 bits per heavy atom. The second-order valence-corrected chi connectivity index (χ2v) is 6.62. The third kappa shape index (κ3) is 3.23. The maximum absolute atomic E-state index is 12.7. The van der Waals surface area contributed by atoms with Crippen LogP contribution in [-0.4, -0.2) is 34.3 Å². The van der Waals surface area contributed by atoms with E-state index in [2.05, 4.69) is 15.6 Å². The van der Waals surface area contributed by atoms with Crippen LogP contribution in [0.4, 0.5) is 10.5 Å². The molecule has 1 saturated heterocycles. The topological polar surface area (TPSA) is 91.4 Å². The van der Waals surface area contributed by atoms with Gasteiger partial charge in [0.25, 0.3) is 5.91 Å². The van der Waals surface area contributed by atoms with Crippen LogP contribution in [0.3, 0.4) is 0 Å². The van der Waals surface area contributed by atoms with Gasteiger partial charge in [0.2, 0.25) is 5.91 Å². The Bertz CT molecular complexity index is 891. The zero-order valence-corrected chi connectivity index (χ0v) is 15.1. The molecule has 0 radical (unpaired) electrons. The van der Waals surface area contributed by atoms with Gasteiger partial charge < -0.3 is 10.6 Å². The largest absolute Gasteiger partial charge is 0.325 e. The van der Waals surface area contributed by atoms with Crippen molar-refractivity contribution in [1.29, 1.82) is 0 Å². The van der Waals surface area contributed by atoms with E-state index in [0.717, 1.165) is 4.90 Å². The number of urea groups is 1. The first-order valence-corrected chi connectivity index (χ1v) is 8.37. The number of anilines is 1. The number of hydrogen-bond donors (Lipinski definition) is 2. The summed E-state index contributed by atoms with van der Waals surface area (Å²) in [5, 5.41) is 5.61. The summed E-state index contributed by atoms with van der Waals surface area (Å²) in [5.41, 5.74) is -0.454. The molecule has 2 heterocycles. The van der Waals surface area contributed by atoms with E-state index in [9.17, 15) is 14.4 Å². The third-order valence-corrected chi connectivity index (χ3v) is 4.86. The monoisotopic (exact) mass is 392 g/mol. The van der Waals surface area contributed by atoms with Crippen LogP contribution in [0.5, 0.6) is 0 Å². The van der Waals surface area contributed by atoms with Gasteiger partial charge >= 0.3 is 6.03 Å². The average Bonchev–Trinajstić information content (AvgIpc) is 2.84. The highest BCUT2D eigenvalue weighted by atomic mass is 35.5. The molecule has 1 aliphatic rings. The van der Waals surface area contributed by atoms with Gasteiger partial charge in [-0.25, -0.2) is 4.79 Å². The number of imide groups is 1. The van der Waals surface area contributed by atoms with Gasteiger partial charge in [0, 0.05) is 18.0 Å². The van der Waals surface area contributed by atoms with Crippen LogP contribution >= 0.6 is 23.2 Å². The molecule has 7 nitrogen and oxygen atoms in total. The number of carbonyl (C=O) groups is 3. The number of benzene rings is 1. The summed E-state index contributed by atoms with van der Waals surface area (Å²) in [6.07, 6.45) is 3.06. The second-order valence-electron chi connectivity index (χ2n) is 5.84. The smallest absolute Gasteiger partial charge is 0.323 e. The summed E-state index contributed by atoms with van der Waals surface area (Å²) in [7, 11) is 0. The lowest BCUT2D eigenvalue weighted by atomic mass is 9.93. The highest BCUT2D eigenvalue weighted by molar-refractivity contribution is 6.44. The lowest BCUT2D eigenvalue weighted by molar-refractivity contribution is -0.133. The molecule has 9 heteroatoms. The predicted octanol–water partition coefficient (Wildman–Crippen LogP) is 2.79. The SMILES string of the molecule is C[C@]1(c2cccnc2)NC(=O)N(CC(=O)Nc2cccc(Cl)c2Cl)C1=O. The normalized spacial score (nSPS) is 19.4. The molecular weight excluding hydrogens is 379 g/mol. The van der Waals surface area contributed by atoms with Crippen molar-refractivity contribution < 1.29 is 14.4 Å². The second kappa shape index (κ2) is 6.93. The number of amides is 4. The Morgan fingerprint density at radius 3 is 2.73 bits per heavy atom.